The molecule has 0 aliphatic heterocycles. The number of benzene rings is 2. The second-order valence-corrected chi connectivity index (χ2v) is 5.51. The average molecular weight is 292 g/mol. The van der Waals surface area contributed by atoms with Crippen LogP contribution in [0.3, 0.4) is 0 Å². The molecule has 0 atom stereocenters. The van der Waals surface area contributed by atoms with E-state index in [1.54, 1.807) is 12.3 Å². The summed E-state index contributed by atoms with van der Waals surface area (Å²) in [6, 6.07) is 11.2. The van der Waals surface area contributed by atoms with Crippen LogP contribution in [0.25, 0.3) is 22.0 Å². The van der Waals surface area contributed by atoms with Crippen molar-refractivity contribution in [3.63, 3.8) is 0 Å². The molecule has 0 fully saturated rings. The average Bonchev–Trinajstić information content (AvgIpc) is 2.50. The van der Waals surface area contributed by atoms with Crippen molar-refractivity contribution in [3.05, 3.63) is 69.4 Å². The predicted octanol–water partition coefficient (Wildman–Crippen LogP) is 4.74. The lowest BCUT2D eigenvalue weighted by atomic mass is 9.94. The fourth-order valence-corrected chi connectivity index (χ4v) is 2.91. The van der Waals surface area contributed by atoms with Gasteiger partial charge in [-0.2, -0.15) is 0 Å². The molecule has 110 valence electrons. The zero-order chi connectivity index (χ0) is 15.9. The fraction of sp³-hybridized carbons (Fsp3) is 0.167. The van der Waals surface area contributed by atoms with E-state index in [2.05, 4.69) is 11.1 Å². The second-order valence-electron chi connectivity index (χ2n) is 5.51. The predicted molar refractivity (Wildman–Crippen MR) is 88.0 cm³/mol. The molecule has 0 saturated carbocycles. The SMILES string of the molecule is Cc1cccc([N+](=O)[O-])c1-c1nccc2c(C)ccc(C)c12. The summed E-state index contributed by atoms with van der Waals surface area (Å²) in [5, 5.41) is 13.5. The van der Waals surface area contributed by atoms with Crippen molar-refractivity contribution in [1.82, 2.24) is 4.98 Å². The summed E-state index contributed by atoms with van der Waals surface area (Å²) >= 11 is 0. The van der Waals surface area contributed by atoms with E-state index in [-0.39, 0.29) is 10.6 Å². The minimum absolute atomic E-state index is 0.0981. The van der Waals surface area contributed by atoms with Crippen molar-refractivity contribution < 1.29 is 4.92 Å². The molecule has 0 unspecified atom stereocenters. The first-order valence-corrected chi connectivity index (χ1v) is 7.10. The third kappa shape index (κ3) is 2.13. The van der Waals surface area contributed by atoms with E-state index in [9.17, 15) is 10.1 Å². The highest BCUT2D eigenvalue weighted by molar-refractivity contribution is 6.00. The van der Waals surface area contributed by atoms with E-state index in [0.717, 1.165) is 27.5 Å². The highest BCUT2D eigenvalue weighted by Gasteiger charge is 2.21. The molecule has 3 aromatic rings. The molecule has 2 aromatic carbocycles. The second kappa shape index (κ2) is 5.22. The van der Waals surface area contributed by atoms with Gasteiger partial charge in [0.2, 0.25) is 0 Å². The van der Waals surface area contributed by atoms with E-state index >= 15 is 0 Å². The third-order valence-corrected chi connectivity index (χ3v) is 4.04. The summed E-state index contributed by atoms with van der Waals surface area (Å²) in [5.74, 6) is 0. The molecule has 0 aliphatic rings. The number of hydrogen-bond acceptors (Lipinski definition) is 3. The molecule has 0 saturated heterocycles. The van der Waals surface area contributed by atoms with Crippen molar-refractivity contribution in [1.29, 1.82) is 0 Å². The smallest absolute Gasteiger partial charge is 0.258 e. The molecule has 4 nitrogen and oxygen atoms in total. The molecule has 3 rings (SSSR count). The van der Waals surface area contributed by atoms with Crippen LogP contribution in [0.5, 0.6) is 0 Å². The summed E-state index contributed by atoms with van der Waals surface area (Å²) in [7, 11) is 0. The normalized spacial score (nSPS) is 10.9. The highest BCUT2D eigenvalue weighted by atomic mass is 16.6. The molecule has 1 aromatic heterocycles. The third-order valence-electron chi connectivity index (χ3n) is 4.04. The lowest BCUT2D eigenvalue weighted by molar-refractivity contribution is -0.384. The molecule has 0 spiro atoms. The Kier molecular flexibility index (Phi) is 3.37. The van der Waals surface area contributed by atoms with E-state index in [0.29, 0.717) is 11.3 Å². The zero-order valence-electron chi connectivity index (χ0n) is 12.8. The van der Waals surface area contributed by atoms with E-state index in [4.69, 9.17) is 0 Å². The minimum Gasteiger partial charge on any atom is -0.258 e. The van der Waals surface area contributed by atoms with Crippen molar-refractivity contribution in [2.75, 3.05) is 0 Å². The number of aromatic nitrogens is 1. The summed E-state index contributed by atoms with van der Waals surface area (Å²) in [6.07, 6.45) is 1.72. The van der Waals surface area contributed by atoms with Crippen LogP contribution in [0.2, 0.25) is 0 Å². The number of rotatable bonds is 2. The van der Waals surface area contributed by atoms with Crippen molar-refractivity contribution in [2.24, 2.45) is 0 Å². The van der Waals surface area contributed by atoms with Gasteiger partial charge in [-0.15, -0.1) is 0 Å². The summed E-state index contributed by atoms with van der Waals surface area (Å²) < 4.78 is 0. The van der Waals surface area contributed by atoms with Gasteiger partial charge in [-0.1, -0.05) is 24.3 Å². The first-order valence-electron chi connectivity index (χ1n) is 7.10. The quantitative estimate of drug-likeness (QED) is 0.506. The van der Waals surface area contributed by atoms with Crippen LogP contribution in [0.4, 0.5) is 5.69 Å². The van der Waals surface area contributed by atoms with Crippen molar-refractivity contribution >= 4 is 16.5 Å². The van der Waals surface area contributed by atoms with E-state index in [1.165, 1.54) is 6.07 Å². The van der Waals surface area contributed by atoms with Gasteiger partial charge in [0.05, 0.1) is 16.2 Å². The number of nitro groups is 1. The zero-order valence-corrected chi connectivity index (χ0v) is 12.8. The maximum atomic E-state index is 11.4. The summed E-state index contributed by atoms with van der Waals surface area (Å²) in [4.78, 5) is 15.6. The highest BCUT2D eigenvalue weighted by Crippen LogP contribution is 2.37. The van der Waals surface area contributed by atoms with E-state index in [1.807, 2.05) is 39.0 Å². The molecule has 0 bridgehead atoms. The van der Waals surface area contributed by atoms with Gasteiger partial charge in [-0.05, 0) is 48.9 Å². The maximum absolute atomic E-state index is 11.4. The molecule has 0 radical (unpaired) electrons. The Bertz CT molecular complexity index is 901. The Labute approximate surface area is 128 Å². The van der Waals surface area contributed by atoms with Crippen molar-refractivity contribution in [3.8, 4) is 11.3 Å². The fourth-order valence-electron chi connectivity index (χ4n) is 2.91. The first kappa shape index (κ1) is 14.2. The van der Waals surface area contributed by atoms with Crippen LogP contribution in [-0.4, -0.2) is 9.91 Å². The monoisotopic (exact) mass is 292 g/mol. The number of fused-ring (bicyclic) bond motifs is 1. The number of aryl methyl sites for hydroxylation is 3. The molecular formula is C18H16N2O2. The molecule has 0 N–H and O–H groups in total. The standard InChI is InChI=1S/C18H16N2O2/c1-11-7-8-13(3)16-14(11)9-10-19-18(16)17-12(2)5-4-6-15(17)20(21)22/h4-10H,1-3H3. The number of pyridine rings is 1. The lowest BCUT2D eigenvalue weighted by Crippen LogP contribution is -1.98. The van der Waals surface area contributed by atoms with Gasteiger partial charge in [-0.3, -0.25) is 15.1 Å². The minimum atomic E-state index is -0.339. The van der Waals surface area contributed by atoms with E-state index < -0.39 is 0 Å². The van der Waals surface area contributed by atoms with Gasteiger partial charge in [-0.25, -0.2) is 0 Å². The topological polar surface area (TPSA) is 56.0 Å². The molecule has 4 heteroatoms. The molecular weight excluding hydrogens is 276 g/mol. The van der Waals surface area contributed by atoms with Gasteiger partial charge in [0.15, 0.2) is 0 Å². The Morgan fingerprint density at radius 1 is 0.955 bits per heavy atom. The van der Waals surface area contributed by atoms with Crippen molar-refractivity contribution in [2.45, 2.75) is 20.8 Å². The van der Waals surface area contributed by atoms with Crippen LogP contribution in [-0.2, 0) is 0 Å². The van der Waals surface area contributed by atoms with Crippen LogP contribution in [0, 0.1) is 30.9 Å². The van der Waals surface area contributed by atoms with Gasteiger partial charge >= 0.3 is 0 Å². The molecule has 1 heterocycles. The van der Waals surface area contributed by atoms with Gasteiger partial charge in [0.25, 0.3) is 5.69 Å². The number of nitrogens with zero attached hydrogens (tertiary/aromatic N) is 2. The summed E-state index contributed by atoms with van der Waals surface area (Å²) in [5.41, 5.74) is 4.45. The van der Waals surface area contributed by atoms with Gasteiger partial charge < -0.3 is 0 Å². The molecule has 0 aliphatic carbocycles. The Balaban J connectivity index is 2.47. The number of hydrogen-bond donors (Lipinski definition) is 0. The van der Waals surface area contributed by atoms with Crippen LogP contribution < -0.4 is 0 Å². The van der Waals surface area contributed by atoms with Crippen LogP contribution in [0.1, 0.15) is 16.7 Å². The van der Waals surface area contributed by atoms with Gasteiger partial charge in [0.1, 0.15) is 0 Å². The lowest BCUT2D eigenvalue weighted by Gasteiger charge is -2.12. The molecule has 22 heavy (non-hydrogen) atoms. The first-order chi connectivity index (χ1) is 10.5. The molecule has 0 amide bonds. The Morgan fingerprint density at radius 3 is 2.41 bits per heavy atom. The Morgan fingerprint density at radius 2 is 1.68 bits per heavy atom. The van der Waals surface area contributed by atoms with Gasteiger partial charge in [0, 0.05) is 17.6 Å². The maximum Gasteiger partial charge on any atom is 0.279 e. The summed E-state index contributed by atoms with van der Waals surface area (Å²) in [6.45, 7) is 5.93. The van der Waals surface area contributed by atoms with Crippen LogP contribution in [0.15, 0.2) is 42.6 Å². The number of nitro benzene ring substituents is 1. The Hall–Kier alpha value is -2.75. The largest absolute Gasteiger partial charge is 0.279 e. The van der Waals surface area contributed by atoms with Crippen LogP contribution >= 0.6 is 0 Å².